The topological polar surface area (TPSA) is 24.9 Å². The van der Waals surface area contributed by atoms with Crippen LogP contribution in [0, 0.1) is 0 Å². The van der Waals surface area contributed by atoms with Crippen LogP contribution in [0.2, 0.25) is 5.15 Å². The second-order valence-corrected chi connectivity index (χ2v) is 6.02. The highest BCUT2D eigenvalue weighted by atomic mass is 35.5. The van der Waals surface area contributed by atoms with E-state index < -0.39 is 0 Å². The van der Waals surface area contributed by atoms with E-state index in [0.717, 1.165) is 11.6 Å². The molecular formula is C10H13ClN2S. The summed E-state index contributed by atoms with van der Waals surface area (Å²) in [5.41, 5.74) is 0. The Kier molecular flexibility index (Phi) is 2.62. The van der Waals surface area contributed by atoms with Gasteiger partial charge in [-0.3, -0.25) is 0 Å². The molecule has 1 unspecified atom stereocenters. The van der Waals surface area contributed by atoms with Crippen LogP contribution in [0.25, 0.3) is 0 Å². The molecule has 1 aromatic rings. The molecule has 0 aromatic carbocycles. The lowest BCUT2D eigenvalue weighted by Gasteiger charge is -2.44. The highest BCUT2D eigenvalue weighted by Crippen LogP contribution is 2.41. The average Bonchev–Trinajstić information content (AvgIpc) is 2.13. The first-order valence-corrected chi connectivity index (χ1v) is 5.97. The zero-order chi connectivity index (χ0) is 10.2. The molecule has 0 aliphatic carbocycles. The van der Waals surface area contributed by atoms with Crippen LogP contribution in [0.3, 0.4) is 0 Å². The van der Waals surface area contributed by atoms with Gasteiger partial charge in [0.05, 0.1) is 6.04 Å². The summed E-state index contributed by atoms with van der Waals surface area (Å²) in [5.74, 6) is 2.01. The van der Waals surface area contributed by atoms with Gasteiger partial charge in [-0.1, -0.05) is 17.7 Å². The number of rotatable bonds is 2. The Labute approximate surface area is 93.4 Å². The molecule has 76 valence electrons. The van der Waals surface area contributed by atoms with Crippen molar-refractivity contribution >= 4 is 29.2 Å². The van der Waals surface area contributed by atoms with Crippen LogP contribution in [0.5, 0.6) is 0 Å². The molecule has 14 heavy (non-hydrogen) atoms. The first-order valence-electron chi connectivity index (χ1n) is 4.61. The van der Waals surface area contributed by atoms with Crippen molar-refractivity contribution in [2.75, 3.05) is 11.1 Å². The van der Waals surface area contributed by atoms with Crippen molar-refractivity contribution in [3.8, 4) is 0 Å². The van der Waals surface area contributed by atoms with Gasteiger partial charge in [-0.15, -0.1) is 0 Å². The standard InChI is InChI=1S/C10H13ClN2S/c1-10(2)7(6-14-10)12-9-5-3-4-8(11)13-9/h3-5,7H,6H2,1-2H3,(H,12,13). The number of nitrogens with zero attached hydrogens (tertiary/aromatic N) is 1. The van der Waals surface area contributed by atoms with Gasteiger partial charge in [0.2, 0.25) is 0 Å². The highest BCUT2D eigenvalue weighted by Gasteiger charge is 2.39. The van der Waals surface area contributed by atoms with Crippen LogP contribution in [0.4, 0.5) is 5.82 Å². The molecule has 2 nitrogen and oxygen atoms in total. The van der Waals surface area contributed by atoms with Crippen LogP contribution in [-0.2, 0) is 0 Å². The fourth-order valence-electron chi connectivity index (χ4n) is 1.38. The fourth-order valence-corrected chi connectivity index (χ4v) is 2.69. The minimum atomic E-state index is 0.310. The lowest BCUT2D eigenvalue weighted by Crippen LogP contribution is -2.50. The molecule has 1 aliphatic rings. The van der Waals surface area contributed by atoms with Gasteiger partial charge in [-0.25, -0.2) is 4.98 Å². The number of anilines is 1. The van der Waals surface area contributed by atoms with Gasteiger partial charge in [-0.2, -0.15) is 11.8 Å². The van der Waals surface area contributed by atoms with Gasteiger partial charge in [0.1, 0.15) is 11.0 Å². The van der Waals surface area contributed by atoms with E-state index in [4.69, 9.17) is 11.6 Å². The molecule has 1 N–H and O–H groups in total. The van der Waals surface area contributed by atoms with Crippen molar-refractivity contribution in [3.63, 3.8) is 0 Å². The molecule has 1 atom stereocenters. The lowest BCUT2D eigenvalue weighted by atomic mass is 10.0. The van der Waals surface area contributed by atoms with E-state index in [2.05, 4.69) is 24.1 Å². The van der Waals surface area contributed by atoms with Gasteiger partial charge in [0.15, 0.2) is 0 Å². The van der Waals surface area contributed by atoms with E-state index in [1.165, 1.54) is 0 Å². The van der Waals surface area contributed by atoms with Crippen LogP contribution >= 0.6 is 23.4 Å². The second-order valence-electron chi connectivity index (χ2n) is 3.96. The molecule has 4 heteroatoms. The molecule has 1 aromatic heterocycles. The fraction of sp³-hybridized carbons (Fsp3) is 0.500. The zero-order valence-corrected chi connectivity index (χ0v) is 9.82. The number of nitrogens with one attached hydrogen (secondary N) is 1. The van der Waals surface area contributed by atoms with Crippen molar-refractivity contribution in [3.05, 3.63) is 23.4 Å². The van der Waals surface area contributed by atoms with Crippen molar-refractivity contribution in [1.29, 1.82) is 0 Å². The molecule has 2 rings (SSSR count). The SMILES string of the molecule is CC1(C)SCC1Nc1cccc(Cl)n1. The van der Waals surface area contributed by atoms with E-state index in [0.29, 0.717) is 15.9 Å². The Morgan fingerprint density at radius 1 is 1.57 bits per heavy atom. The summed E-state index contributed by atoms with van der Waals surface area (Å²) in [5, 5.41) is 3.93. The average molecular weight is 229 g/mol. The smallest absolute Gasteiger partial charge is 0.131 e. The number of aromatic nitrogens is 1. The third kappa shape index (κ3) is 1.98. The van der Waals surface area contributed by atoms with E-state index in [1.54, 1.807) is 6.07 Å². The number of thioether (sulfide) groups is 1. The second kappa shape index (κ2) is 3.63. The quantitative estimate of drug-likeness (QED) is 0.788. The molecule has 1 saturated heterocycles. The van der Waals surface area contributed by atoms with Gasteiger partial charge < -0.3 is 5.32 Å². The van der Waals surface area contributed by atoms with Crippen LogP contribution in [0.15, 0.2) is 18.2 Å². The van der Waals surface area contributed by atoms with Gasteiger partial charge in [0, 0.05) is 10.5 Å². The summed E-state index contributed by atoms with van der Waals surface area (Å²) in [4.78, 5) is 4.21. The number of halogens is 1. The maximum absolute atomic E-state index is 5.80. The predicted molar refractivity (Wildman–Crippen MR) is 63.2 cm³/mol. The summed E-state index contributed by atoms with van der Waals surface area (Å²) >= 11 is 7.78. The van der Waals surface area contributed by atoms with Crippen molar-refractivity contribution in [1.82, 2.24) is 4.98 Å². The van der Waals surface area contributed by atoms with Crippen LogP contribution in [0.1, 0.15) is 13.8 Å². The Morgan fingerprint density at radius 3 is 2.86 bits per heavy atom. The maximum atomic E-state index is 5.80. The first kappa shape index (κ1) is 10.1. The van der Waals surface area contributed by atoms with E-state index >= 15 is 0 Å². The van der Waals surface area contributed by atoms with E-state index in [1.807, 2.05) is 23.9 Å². The summed E-state index contributed by atoms with van der Waals surface area (Å²) in [6.07, 6.45) is 0. The van der Waals surface area contributed by atoms with Gasteiger partial charge >= 0.3 is 0 Å². The molecule has 1 aliphatic heterocycles. The maximum Gasteiger partial charge on any atom is 0.131 e. The van der Waals surface area contributed by atoms with E-state index in [-0.39, 0.29) is 0 Å². The normalized spacial score (nSPS) is 24.1. The minimum absolute atomic E-state index is 0.310. The highest BCUT2D eigenvalue weighted by molar-refractivity contribution is 8.02. The van der Waals surface area contributed by atoms with Crippen molar-refractivity contribution < 1.29 is 0 Å². The monoisotopic (exact) mass is 228 g/mol. The Balaban J connectivity index is 2.05. The van der Waals surface area contributed by atoms with Crippen LogP contribution < -0.4 is 5.32 Å². The Hall–Kier alpha value is -0.410. The lowest BCUT2D eigenvalue weighted by molar-refractivity contribution is 0.575. The van der Waals surface area contributed by atoms with Crippen LogP contribution in [-0.4, -0.2) is 21.5 Å². The minimum Gasteiger partial charge on any atom is -0.365 e. The third-order valence-electron chi connectivity index (χ3n) is 2.50. The van der Waals surface area contributed by atoms with Gasteiger partial charge in [-0.05, 0) is 26.0 Å². The molecule has 0 amide bonds. The summed E-state index contributed by atoms with van der Waals surface area (Å²) < 4.78 is 0.310. The zero-order valence-electron chi connectivity index (χ0n) is 8.25. The Morgan fingerprint density at radius 2 is 2.36 bits per heavy atom. The largest absolute Gasteiger partial charge is 0.365 e. The summed E-state index contributed by atoms with van der Waals surface area (Å²) in [6, 6.07) is 6.15. The molecule has 0 saturated carbocycles. The molecule has 2 heterocycles. The third-order valence-corrected chi connectivity index (χ3v) is 4.24. The summed E-state index contributed by atoms with van der Waals surface area (Å²) in [6.45, 7) is 4.48. The number of hydrogen-bond acceptors (Lipinski definition) is 3. The van der Waals surface area contributed by atoms with Gasteiger partial charge in [0.25, 0.3) is 0 Å². The predicted octanol–water partition coefficient (Wildman–Crippen LogP) is 3.04. The molecular weight excluding hydrogens is 216 g/mol. The van der Waals surface area contributed by atoms with E-state index in [9.17, 15) is 0 Å². The number of hydrogen-bond donors (Lipinski definition) is 1. The van der Waals surface area contributed by atoms with Crippen molar-refractivity contribution in [2.24, 2.45) is 0 Å². The summed E-state index contributed by atoms with van der Waals surface area (Å²) in [7, 11) is 0. The molecule has 0 spiro atoms. The first-order chi connectivity index (χ1) is 6.58. The Bertz CT molecular complexity index is 341. The number of pyridine rings is 1. The molecule has 0 radical (unpaired) electrons. The van der Waals surface area contributed by atoms with Crippen molar-refractivity contribution in [2.45, 2.75) is 24.6 Å². The molecule has 1 fully saturated rings. The molecule has 0 bridgehead atoms.